The highest BCUT2D eigenvalue weighted by atomic mass is 15.2. The van der Waals surface area contributed by atoms with Gasteiger partial charge in [-0.15, -0.1) is 10.2 Å². The second-order valence-electron chi connectivity index (χ2n) is 5.95. The molecule has 2 saturated carbocycles. The van der Waals surface area contributed by atoms with Crippen molar-refractivity contribution in [3.05, 3.63) is 24.2 Å². The zero-order chi connectivity index (χ0) is 12.1. The van der Waals surface area contributed by atoms with Crippen LogP contribution < -0.4 is 5.73 Å². The third kappa shape index (κ3) is 1.51. The summed E-state index contributed by atoms with van der Waals surface area (Å²) in [6.45, 7) is 0. The van der Waals surface area contributed by atoms with Crippen molar-refractivity contribution in [3.8, 4) is 0 Å². The van der Waals surface area contributed by atoms with Gasteiger partial charge in [-0.05, 0) is 49.1 Å². The van der Waals surface area contributed by atoms with Crippen LogP contribution in [0.4, 0.5) is 5.69 Å². The minimum atomic E-state index is 0.775. The Kier molecular flexibility index (Phi) is 2.13. The zero-order valence-electron chi connectivity index (χ0n) is 10.4. The number of nitrogens with zero attached hydrogens (tertiary/aromatic N) is 3. The summed E-state index contributed by atoms with van der Waals surface area (Å²) in [5.41, 5.74) is 7.52. The summed E-state index contributed by atoms with van der Waals surface area (Å²) in [5.74, 6) is 3.82. The summed E-state index contributed by atoms with van der Waals surface area (Å²) < 4.78 is 2.06. The molecule has 0 aliphatic heterocycles. The molecule has 3 atom stereocenters. The number of nitrogens with two attached hydrogens (primary N) is 1. The van der Waals surface area contributed by atoms with Crippen molar-refractivity contribution in [2.45, 2.75) is 32.1 Å². The third-order valence-electron chi connectivity index (χ3n) is 4.83. The molecule has 0 radical (unpaired) electrons. The number of hydrogen-bond donors (Lipinski definition) is 1. The lowest BCUT2D eigenvalue weighted by Crippen LogP contribution is -2.14. The summed E-state index contributed by atoms with van der Waals surface area (Å²) in [6, 6.07) is 3.82. The number of fused-ring (bicyclic) bond motifs is 3. The Labute approximate surface area is 106 Å². The van der Waals surface area contributed by atoms with Crippen LogP contribution in [0.15, 0.2) is 18.3 Å². The summed E-state index contributed by atoms with van der Waals surface area (Å²) in [7, 11) is 0. The van der Waals surface area contributed by atoms with Gasteiger partial charge in [0, 0.05) is 18.3 Å². The Morgan fingerprint density at radius 2 is 2.17 bits per heavy atom. The Morgan fingerprint density at radius 1 is 1.22 bits per heavy atom. The predicted molar refractivity (Wildman–Crippen MR) is 70.0 cm³/mol. The van der Waals surface area contributed by atoms with Crippen molar-refractivity contribution in [2.75, 3.05) is 5.73 Å². The molecule has 0 saturated heterocycles. The molecule has 2 heterocycles. The average Bonchev–Trinajstić information content (AvgIpc) is 3.05. The van der Waals surface area contributed by atoms with E-state index >= 15 is 0 Å². The summed E-state index contributed by atoms with van der Waals surface area (Å²) >= 11 is 0. The standard InChI is InChI=1S/C14H18N4/c15-12-3-4-13-16-17-14(18(13)8-12)7-11-6-9-1-2-10(11)5-9/h3-4,8-11H,1-2,5-7,15H2. The SMILES string of the molecule is Nc1ccc2nnc(CC3CC4CCC3C4)n2c1. The van der Waals surface area contributed by atoms with Crippen LogP contribution in [-0.2, 0) is 6.42 Å². The first-order valence-corrected chi connectivity index (χ1v) is 6.89. The largest absolute Gasteiger partial charge is 0.398 e. The van der Waals surface area contributed by atoms with Crippen LogP contribution in [0.25, 0.3) is 5.65 Å². The van der Waals surface area contributed by atoms with Crippen LogP contribution in [0.2, 0.25) is 0 Å². The van der Waals surface area contributed by atoms with Crippen molar-refractivity contribution < 1.29 is 0 Å². The molecular formula is C14H18N4. The minimum Gasteiger partial charge on any atom is -0.398 e. The second-order valence-corrected chi connectivity index (χ2v) is 5.95. The van der Waals surface area contributed by atoms with Gasteiger partial charge in [0.15, 0.2) is 5.65 Å². The molecule has 2 aromatic heterocycles. The smallest absolute Gasteiger partial charge is 0.160 e. The van der Waals surface area contributed by atoms with Crippen LogP contribution >= 0.6 is 0 Å². The monoisotopic (exact) mass is 242 g/mol. The van der Waals surface area contributed by atoms with E-state index in [1.807, 2.05) is 18.3 Å². The van der Waals surface area contributed by atoms with Gasteiger partial charge in [0.2, 0.25) is 0 Å². The van der Waals surface area contributed by atoms with E-state index in [0.29, 0.717) is 0 Å². The normalized spacial score (nSPS) is 30.3. The van der Waals surface area contributed by atoms with Gasteiger partial charge in [-0.2, -0.15) is 0 Å². The van der Waals surface area contributed by atoms with E-state index < -0.39 is 0 Å². The van der Waals surface area contributed by atoms with Gasteiger partial charge in [0.1, 0.15) is 5.82 Å². The van der Waals surface area contributed by atoms with Crippen molar-refractivity contribution in [3.63, 3.8) is 0 Å². The minimum absolute atomic E-state index is 0.775. The van der Waals surface area contributed by atoms with E-state index in [-0.39, 0.29) is 0 Å². The van der Waals surface area contributed by atoms with Crippen LogP contribution in [0.5, 0.6) is 0 Å². The maximum absolute atomic E-state index is 5.84. The van der Waals surface area contributed by atoms with Crippen LogP contribution in [0.3, 0.4) is 0 Å². The van der Waals surface area contributed by atoms with Gasteiger partial charge in [-0.3, -0.25) is 4.40 Å². The van der Waals surface area contributed by atoms with Crippen molar-refractivity contribution >= 4 is 11.3 Å². The molecule has 2 fully saturated rings. The van der Waals surface area contributed by atoms with Crippen LogP contribution in [0, 0.1) is 17.8 Å². The molecular weight excluding hydrogens is 224 g/mol. The highest BCUT2D eigenvalue weighted by molar-refractivity contribution is 5.47. The highest BCUT2D eigenvalue weighted by Gasteiger charge is 2.39. The molecule has 4 heteroatoms. The predicted octanol–water partition coefficient (Wildman–Crippen LogP) is 2.29. The van der Waals surface area contributed by atoms with E-state index in [0.717, 1.165) is 41.3 Å². The Balaban J connectivity index is 1.65. The Morgan fingerprint density at radius 3 is 2.94 bits per heavy atom. The van der Waals surface area contributed by atoms with Crippen LogP contribution in [-0.4, -0.2) is 14.6 Å². The molecule has 94 valence electrons. The van der Waals surface area contributed by atoms with Crippen molar-refractivity contribution in [1.29, 1.82) is 0 Å². The topological polar surface area (TPSA) is 56.2 Å². The maximum atomic E-state index is 5.84. The van der Waals surface area contributed by atoms with Crippen molar-refractivity contribution in [2.24, 2.45) is 17.8 Å². The summed E-state index contributed by atoms with van der Waals surface area (Å²) in [6.07, 6.45) is 8.72. The van der Waals surface area contributed by atoms with Gasteiger partial charge in [-0.25, -0.2) is 0 Å². The zero-order valence-corrected chi connectivity index (χ0v) is 10.4. The fraction of sp³-hybridized carbons (Fsp3) is 0.571. The average molecular weight is 242 g/mol. The molecule has 3 unspecified atom stereocenters. The molecule has 4 nitrogen and oxygen atoms in total. The molecule has 0 aromatic carbocycles. The summed E-state index contributed by atoms with van der Waals surface area (Å²) in [5, 5.41) is 8.56. The molecule has 2 N–H and O–H groups in total. The maximum Gasteiger partial charge on any atom is 0.160 e. The number of pyridine rings is 1. The van der Waals surface area contributed by atoms with Crippen molar-refractivity contribution in [1.82, 2.24) is 14.6 Å². The van der Waals surface area contributed by atoms with E-state index in [1.54, 1.807) is 0 Å². The number of nitrogen functional groups attached to an aromatic ring is 1. The lowest BCUT2D eigenvalue weighted by Gasteiger charge is -2.20. The molecule has 2 aliphatic rings. The molecule has 2 bridgehead atoms. The van der Waals surface area contributed by atoms with E-state index in [4.69, 9.17) is 5.73 Å². The van der Waals surface area contributed by atoms with E-state index in [9.17, 15) is 0 Å². The lowest BCUT2D eigenvalue weighted by molar-refractivity contribution is 0.326. The van der Waals surface area contributed by atoms with Gasteiger partial charge in [0.25, 0.3) is 0 Å². The first-order valence-electron chi connectivity index (χ1n) is 6.89. The quantitative estimate of drug-likeness (QED) is 0.879. The van der Waals surface area contributed by atoms with Crippen LogP contribution in [0.1, 0.15) is 31.5 Å². The molecule has 2 aliphatic carbocycles. The van der Waals surface area contributed by atoms with Gasteiger partial charge in [-0.1, -0.05) is 6.42 Å². The molecule has 2 aromatic rings. The molecule has 0 spiro atoms. The molecule has 18 heavy (non-hydrogen) atoms. The fourth-order valence-electron chi connectivity index (χ4n) is 3.95. The first kappa shape index (κ1) is 10.4. The van der Waals surface area contributed by atoms with E-state index in [1.165, 1.54) is 25.7 Å². The van der Waals surface area contributed by atoms with Gasteiger partial charge < -0.3 is 5.73 Å². The highest BCUT2D eigenvalue weighted by Crippen LogP contribution is 2.49. The molecule has 0 amide bonds. The van der Waals surface area contributed by atoms with E-state index in [2.05, 4.69) is 14.6 Å². The number of anilines is 1. The number of hydrogen-bond acceptors (Lipinski definition) is 3. The Hall–Kier alpha value is -1.58. The Bertz CT molecular complexity index is 588. The number of rotatable bonds is 2. The molecule has 4 rings (SSSR count). The van der Waals surface area contributed by atoms with Gasteiger partial charge >= 0.3 is 0 Å². The number of aromatic nitrogens is 3. The third-order valence-corrected chi connectivity index (χ3v) is 4.83. The fourth-order valence-corrected chi connectivity index (χ4v) is 3.95. The van der Waals surface area contributed by atoms with Gasteiger partial charge in [0.05, 0.1) is 0 Å². The first-order chi connectivity index (χ1) is 8.79. The summed E-state index contributed by atoms with van der Waals surface area (Å²) in [4.78, 5) is 0. The second kappa shape index (κ2) is 3.70. The lowest BCUT2D eigenvalue weighted by atomic mass is 9.86.